The van der Waals surface area contributed by atoms with Crippen molar-refractivity contribution >= 4 is 23.6 Å². The van der Waals surface area contributed by atoms with Gasteiger partial charge in [-0.05, 0) is 76.6 Å². The number of rotatable bonds is 9. The molecule has 2 amide bonds. The number of phenolic OH excluding ortho intramolecular Hbond substituents is 2. The second kappa shape index (κ2) is 13.5. The van der Waals surface area contributed by atoms with Gasteiger partial charge in [0.15, 0.2) is 11.5 Å². The quantitative estimate of drug-likeness (QED) is 0.218. The third-order valence-electron chi connectivity index (χ3n) is 8.33. The summed E-state index contributed by atoms with van der Waals surface area (Å²) in [6.45, 7) is 8.51. The third kappa shape index (κ3) is 8.17. The maximum atomic E-state index is 13.5. The number of aliphatic hydroxyl groups is 1. The van der Waals surface area contributed by atoms with Gasteiger partial charge in [0.05, 0.1) is 18.2 Å². The molecule has 5 atom stereocenters. The van der Waals surface area contributed by atoms with Crippen LogP contribution in [0.25, 0.3) is 0 Å². The minimum Gasteiger partial charge on any atom is -0.504 e. The number of carbonyl (C=O) groups excluding carboxylic acids is 2. The lowest BCUT2D eigenvalue weighted by molar-refractivity contribution is -0.132. The van der Waals surface area contributed by atoms with Crippen molar-refractivity contribution in [2.45, 2.75) is 88.4 Å². The molecule has 0 bridgehead atoms. The molecule has 0 aromatic heterocycles. The van der Waals surface area contributed by atoms with Crippen LogP contribution in [-0.2, 0) is 4.79 Å². The monoisotopic (exact) mass is 583 g/mol. The van der Waals surface area contributed by atoms with Crippen molar-refractivity contribution in [2.24, 2.45) is 11.8 Å². The Hall–Kier alpha value is -2.75. The Kier molecular flexibility index (Phi) is 10.3. The Labute approximate surface area is 247 Å². The summed E-state index contributed by atoms with van der Waals surface area (Å²) < 4.78 is 0. The van der Waals surface area contributed by atoms with Crippen molar-refractivity contribution < 1.29 is 24.9 Å². The van der Waals surface area contributed by atoms with Crippen LogP contribution < -0.4 is 10.6 Å². The van der Waals surface area contributed by atoms with Gasteiger partial charge in [0.2, 0.25) is 5.91 Å². The molecular formula is C32H45N3O5S. The second-order valence-electron chi connectivity index (χ2n) is 12.6. The Morgan fingerprint density at radius 1 is 1.05 bits per heavy atom. The number of fused-ring (bicyclic) bond motifs is 1. The number of nitrogens with zero attached hydrogens (tertiary/aromatic N) is 1. The molecule has 0 spiro atoms. The van der Waals surface area contributed by atoms with Gasteiger partial charge < -0.3 is 26.0 Å². The van der Waals surface area contributed by atoms with Crippen LogP contribution in [0.15, 0.2) is 47.4 Å². The topological polar surface area (TPSA) is 122 Å². The van der Waals surface area contributed by atoms with Crippen LogP contribution >= 0.6 is 11.8 Å². The zero-order valence-electron chi connectivity index (χ0n) is 24.6. The van der Waals surface area contributed by atoms with Crippen molar-refractivity contribution in [1.29, 1.82) is 0 Å². The smallest absolute Gasteiger partial charge is 0.252 e. The van der Waals surface area contributed by atoms with Gasteiger partial charge in [-0.1, -0.05) is 37.5 Å². The van der Waals surface area contributed by atoms with Gasteiger partial charge in [-0.3, -0.25) is 14.5 Å². The van der Waals surface area contributed by atoms with E-state index in [9.17, 15) is 24.9 Å². The SMILES string of the molecule is Cc1c(C(=O)N[C@@H](CSc2ccccc2)[C@H](O)CN2C[C@H]3CCCC[C@H]3C[C@H]2C(=O)NC(C)(C)C)ccc(O)c1O. The summed E-state index contributed by atoms with van der Waals surface area (Å²) in [5, 5.41) is 37.8. The molecule has 41 heavy (non-hydrogen) atoms. The molecule has 2 aromatic carbocycles. The predicted octanol–water partition coefficient (Wildman–Crippen LogP) is 4.45. The van der Waals surface area contributed by atoms with E-state index in [0.29, 0.717) is 17.6 Å². The van der Waals surface area contributed by atoms with E-state index in [1.807, 2.05) is 51.1 Å². The number of carbonyl (C=O) groups is 2. The molecule has 2 aliphatic rings. The molecule has 1 aliphatic carbocycles. The number of hydrogen-bond donors (Lipinski definition) is 5. The summed E-state index contributed by atoms with van der Waals surface area (Å²) >= 11 is 1.54. The maximum Gasteiger partial charge on any atom is 0.252 e. The van der Waals surface area contributed by atoms with Gasteiger partial charge in [0.25, 0.3) is 5.91 Å². The molecule has 5 N–H and O–H groups in total. The second-order valence-corrected chi connectivity index (χ2v) is 13.7. The van der Waals surface area contributed by atoms with Crippen LogP contribution in [0.4, 0.5) is 0 Å². The van der Waals surface area contributed by atoms with E-state index in [2.05, 4.69) is 15.5 Å². The number of likely N-dealkylation sites (tertiary alicyclic amines) is 1. The summed E-state index contributed by atoms with van der Waals surface area (Å²) in [4.78, 5) is 30.0. The summed E-state index contributed by atoms with van der Waals surface area (Å²) in [6, 6.07) is 11.6. The van der Waals surface area contributed by atoms with E-state index in [0.717, 1.165) is 30.7 Å². The summed E-state index contributed by atoms with van der Waals surface area (Å²) in [6.07, 6.45) is 4.52. The fraction of sp³-hybridized carbons (Fsp3) is 0.562. The molecule has 1 saturated heterocycles. The normalized spacial score (nSPS) is 22.8. The number of thioether (sulfide) groups is 1. The average Bonchev–Trinajstić information content (AvgIpc) is 2.93. The van der Waals surface area contributed by atoms with Crippen LogP contribution in [0.5, 0.6) is 11.5 Å². The minimum atomic E-state index is -0.939. The minimum absolute atomic E-state index is 0.0110. The first-order valence-electron chi connectivity index (χ1n) is 14.7. The van der Waals surface area contributed by atoms with Crippen LogP contribution in [0.3, 0.4) is 0 Å². The molecule has 1 heterocycles. The summed E-state index contributed by atoms with van der Waals surface area (Å²) in [5.74, 6) is 0.356. The Morgan fingerprint density at radius 2 is 1.73 bits per heavy atom. The van der Waals surface area contributed by atoms with E-state index in [-0.39, 0.29) is 46.7 Å². The highest BCUT2D eigenvalue weighted by atomic mass is 32.2. The predicted molar refractivity (Wildman–Crippen MR) is 162 cm³/mol. The first kappa shape index (κ1) is 31.2. The molecular weight excluding hydrogens is 538 g/mol. The van der Waals surface area contributed by atoms with E-state index in [1.165, 1.54) is 36.7 Å². The van der Waals surface area contributed by atoms with E-state index in [1.54, 1.807) is 6.92 Å². The first-order valence-corrected chi connectivity index (χ1v) is 15.7. The van der Waals surface area contributed by atoms with Gasteiger partial charge in [-0.25, -0.2) is 0 Å². The molecule has 224 valence electrons. The van der Waals surface area contributed by atoms with E-state index in [4.69, 9.17) is 0 Å². The van der Waals surface area contributed by atoms with E-state index < -0.39 is 18.1 Å². The van der Waals surface area contributed by atoms with Crippen LogP contribution in [0, 0.1) is 18.8 Å². The third-order valence-corrected chi connectivity index (χ3v) is 9.46. The van der Waals surface area contributed by atoms with Gasteiger partial charge in [0, 0.05) is 40.4 Å². The summed E-state index contributed by atoms with van der Waals surface area (Å²) in [5.41, 5.74) is 0.138. The molecule has 1 saturated carbocycles. The molecule has 9 heteroatoms. The molecule has 8 nitrogen and oxygen atoms in total. The average molecular weight is 584 g/mol. The Bertz CT molecular complexity index is 1200. The van der Waals surface area contributed by atoms with Crippen molar-refractivity contribution in [3.8, 4) is 11.5 Å². The number of aliphatic hydroxyl groups excluding tert-OH is 1. The standard InChI is InChI=1S/C32H45N3O5S/c1-20-24(14-15-27(36)29(20)38)30(39)33-25(19-41-23-12-6-5-7-13-23)28(37)18-35-17-22-11-9-8-10-21(22)16-26(35)31(40)34-32(2,3)4/h5-7,12-15,21-22,25-26,28,36-38H,8-11,16-19H2,1-4H3,(H,33,39)(H,34,40)/t21-,22+,25-,26-,28+/m0/s1. The van der Waals surface area contributed by atoms with Crippen LogP contribution in [0.2, 0.25) is 0 Å². The fourth-order valence-electron chi connectivity index (χ4n) is 6.12. The molecule has 1 aliphatic heterocycles. The lowest BCUT2D eigenvalue weighted by atomic mass is 9.72. The highest BCUT2D eigenvalue weighted by Gasteiger charge is 2.41. The van der Waals surface area contributed by atoms with E-state index >= 15 is 0 Å². The lowest BCUT2D eigenvalue weighted by Gasteiger charge is -2.47. The fourth-order valence-corrected chi connectivity index (χ4v) is 7.15. The zero-order chi connectivity index (χ0) is 29.7. The lowest BCUT2D eigenvalue weighted by Crippen LogP contribution is -2.60. The Morgan fingerprint density at radius 3 is 2.41 bits per heavy atom. The van der Waals surface area contributed by atoms with Crippen molar-refractivity contribution in [1.82, 2.24) is 15.5 Å². The molecule has 4 rings (SSSR count). The number of aromatic hydroxyl groups is 2. The van der Waals surface area contributed by atoms with Gasteiger partial charge in [-0.2, -0.15) is 0 Å². The highest BCUT2D eigenvalue weighted by molar-refractivity contribution is 7.99. The first-order chi connectivity index (χ1) is 19.4. The number of piperidine rings is 1. The number of β-amino-alcohol motifs (C(OH)–C–C–N with tert-alkyl or cyclic N) is 1. The molecule has 0 radical (unpaired) electrons. The van der Waals surface area contributed by atoms with Crippen LogP contribution in [0.1, 0.15) is 68.8 Å². The van der Waals surface area contributed by atoms with Gasteiger partial charge >= 0.3 is 0 Å². The Balaban J connectivity index is 1.55. The number of hydrogen-bond acceptors (Lipinski definition) is 7. The van der Waals surface area contributed by atoms with Crippen molar-refractivity contribution in [3.63, 3.8) is 0 Å². The van der Waals surface area contributed by atoms with Gasteiger partial charge in [-0.15, -0.1) is 11.8 Å². The zero-order valence-corrected chi connectivity index (χ0v) is 25.4. The molecule has 0 unspecified atom stereocenters. The summed E-state index contributed by atoms with van der Waals surface area (Å²) in [7, 11) is 0. The number of phenols is 2. The van der Waals surface area contributed by atoms with Crippen molar-refractivity contribution in [3.05, 3.63) is 53.6 Å². The largest absolute Gasteiger partial charge is 0.504 e. The molecule has 2 fully saturated rings. The number of amides is 2. The van der Waals surface area contributed by atoms with Crippen LogP contribution in [-0.4, -0.2) is 74.6 Å². The number of benzene rings is 2. The highest BCUT2D eigenvalue weighted by Crippen LogP contribution is 2.39. The maximum absolute atomic E-state index is 13.5. The number of nitrogens with one attached hydrogen (secondary N) is 2. The van der Waals surface area contributed by atoms with Crippen molar-refractivity contribution in [2.75, 3.05) is 18.8 Å². The van der Waals surface area contributed by atoms with Gasteiger partial charge in [0.1, 0.15) is 0 Å². The molecule has 2 aromatic rings.